The van der Waals surface area contributed by atoms with Gasteiger partial charge in [0.25, 0.3) is 0 Å². The van der Waals surface area contributed by atoms with Crippen LogP contribution in [0.25, 0.3) is 5.65 Å². The standard InChI is InChI=1S/C15H20F3N5/c1-9(2)11-8-20-23-13(21-10-3-5-19-6-4-10)7-12(15(16,17)18)22-14(11)23/h7-10,19,21H,3-6H2,1-2H3. The number of hydrogen-bond acceptors (Lipinski definition) is 4. The summed E-state index contributed by atoms with van der Waals surface area (Å²) in [6.45, 7) is 5.54. The molecule has 2 aromatic rings. The van der Waals surface area contributed by atoms with Crippen LogP contribution in [0.5, 0.6) is 0 Å². The van der Waals surface area contributed by atoms with E-state index < -0.39 is 11.9 Å². The molecule has 0 saturated carbocycles. The molecule has 0 spiro atoms. The Morgan fingerprint density at radius 3 is 2.61 bits per heavy atom. The second kappa shape index (κ2) is 5.99. The molecule has 1 aliphatic rings. The Kier molecular flexibility index (Phi) is 4.18. The second-order valence-electron chi connectivity index (χ2n) is 6.18. The van der Waals surface area contributed by atoms with Crippen LogP contribution in [-0.4, -0.2) is 33.7 Å². The summed E-state index contributed by atoms with van der Waals surface area (Å²) in [7, 11) is 0. The maximum absolute atomic E-state index is 13.2. The van der Waals surface area contributed by atoms with Crippen LogP contribution in [0, 0.1) is 0 Å². The molecule has 0 bridgehead atoms. The lowest BCUT2D eigenvalue weighted by Crippen LogP contribution is -2.36. The topological polar surface area (TPSA) is 54.2 Å². The van der Waals surface area contributed by atoms with Gasteiger partial charge in [-0.25, -0.2) is 4.98 Å². The molecule has 1 fully saturated rings. The normalized spacial score (nSPS) is 17.1. The molecule has 0 amide bonds. The van der Waals surface area contributed by atoms with Gasteiger partial charge in [-0.2, -0.15) is 22.8 Å². The number of anilines is 1. The van der Waals surface area contributed by atoms with Crippen LogP contribution >= 0.6 is 0 Å². The maximum atomic E-state index is 13.2. The lowest BCUT2D eigenvalue weighted by molar-refractivity contribution is -0.141. The van der Waals surface area contributed by atoms with Crippen LogP contribution in [0.4, 0.5) is 19.0 Å². The van der Waals surface area contributed by atoms with Crippen molar-refractivity contribution in [1.29, 1.82) is 0 Å². The predicted octanol–water partition coefficient (Wildman–Crippen LogP) is 3.04. The van der Waals surface area contributed by atoms with Crippen molar-refractivity contribution in [2.24, 2.45) is 0 Å². The van der Waals surface area contributed by atoms with E-state index in [2.05, 4.69) is 20.7 Å². The third kappa shape index (κ3) is 3.26. The van der Waals surface area contributed by atoms with Crippen molar-refractivity contribution in [3.63, 3.8) is 0 Å². The average molecular weight is 327 g/mol. The third-order valence-electron chi connectivity index (χ3n) is 4.10. The monoisotopic (exact) mass is 327 g/mol. The fourth-order valence-corrected chi connectivity index (χ4v) is 2.81. The van der Waals surface area contributed by atoms with Crippen LogP contribution in [0.1, 0.15) is 43.9 Å². The summed E-state index contributed by atoms with van der Waals surface area (Å²) in [5.41, 5.74) is 0.0968. The Hall–Kier alpha value is -1.83. The van der Waals surface area contributed by atoms with Gasteiger partial charge in [0.15, 0.2) is 11.3 Å². The third-order valence-corrected chi connectivity index (χ3v) is 4.10. The van der Waals surface area contributed by atoms with E-state index >= 15 is 0 Å². The molecule has 2 aromatic heterocycles. The lowest BCUT2D eigenvalue weighted by atomic mass is 10.1. The van der Waals surface area contributed by atoms with Crippen LogP contribution in [0.15, 0.2) is 12.3 Å². The van der Waals surface area contributed by atoms with Gasteiger partial charge in [0.05, 0.1) is 6.20 Å². The number of alkyl halides is 3. The van der Waals surface area contributed by atoms with Crippen molar-refractivity contribution >= 4 is 11.5 Å². The van der Waals surface area contributed by atoms with Gasteiger partial charge in [-0.05, 0) is 31.8 Å². The van der Waals surface area contributed by atoms with Crippen molar-refractivity contribution in [2.45, 2.75) is 44.8 Å². The first-order valence-corrected chi connectivity index (χ1v) is 7.79. The van der Waals surface area contributed by atoms with Crippen molar-refractivity contribution in [3.05, 3.63) is 23.5 Å². The molecule has 8 heteroatoms. The lowest BCUT2D eigenvalue weighted by Gasteiger charge is -2.25. The van der Waals surface area contributed by atoms with Crippen molar-refractivity contribution in [3.8, 4) is 0 Å². The van der Waals surface area contributed by atoms with E-state index in [1.807, 2.05) is 13.8 Å². The molecule has 23 heavy (non-hydrogen) atoms. The van der Waals surface area contributed by atoms with E-state index in [0.717, 1.165) is 32.0 Å². The molecule has 0 radical (unpaired) electrons. The van der Waals surface area contributed by atoms with Gasteiger partial charge in [0.2, 0.25) is 0 Å². The summed E-state index contributed by atoms with van der Waals surface area (Å²) in [4.78, 5) is 3.80. The van der Waals surface area contributed by atoms with Gasteiger partial charge >= 0.3 is 6.18 Å². The summed E-state index contributed by atoms with van der Waals surface area (Å²) >= 11 is 0. The van der Waals surface area contributed by atoms with Crippen LogP contribution in [-0.2, 0) is 6.18 Å². The first kappa shape index (κ1) is 16.0. The SMILES string of the molecule is CC(C)c1cnn2c(NC3CCNCC3)cc(C(F)(F)F)nc12. The zero-order valence-corrected chi connectivity index (χ0v) is 13.1. The van der Waals surface area contributed by atoms with Gasteiger partial charge < -0.3 is 10.6 Å². The fourth-order valence-electron chi connectivity index (χ4n) is 2.81. The molecule has 2 N–H and O–H groups in total. The highest BCUT2D eigenvalue weighted by Gasteiger charge is 2.34. The molecule has 1 aliphatic heterocycles. The maximum Gasteiger partial charge on any atom is 0.433 e. The summed E-state index contributed by atoms with van der Waals surface area (Å²) in [5.74, 6) is 0.399. The minimum atomic E-state index is -4.48. The van der Waals surface area contributed by atoms with Crippen LogP contribution in [0.3, 0.4) is 0 Å². The van der Waals surface area contributed by atoms with E-state index in [1.165, 1.54) is 4.52 Å². The summed E-state index contributed by atoms with van der Waals surface area (Å²) in [6.07, 6.45) is -1.15. The highest BCUT2D eigenvalue weighted by Crippen LogP contribution is 2.32. The van der Waals surface area contributed by atoms with E-state index in [-0.39, 0.29) is 17.6 Å². The molecule has 0 atom stereocenters. The first-order valence-electron chi connectivity index (χ1n) is 7.79. The number of fused-ring (bicyclic) bond motifs is 1. The number of aromatic nitrogens is 3. The van der Waals surface area contributed by atoms with Gasteiger partial charge in [-0.15, -0.1) is 0 Å². The van der Waals surface area contributed by atoms with Crippen molar-refractivity contribution in [2.75, 3.05) is 18.4 Å². The molecule has 126 valence electrons. The fraction of sp³-hybridized carbons (Fsp3) is 0.600. The molecule has 3 heterocycles. The minimum absolute atomic E-state index is 0.0511. The zero-order chi connectivity index (χ0) is 16.6. The van der Waals surface area contributed by atoms with Gasteiger partial charge in [-0.1, -0.05) is 13.8 Å². The zero-order valence-electron chi connectivity index (χ0n) is 13.1. The molecule has 1 saturated heterocycles. The van der Waals surface area contributed by atoms with Crippen molar-refractivity contribution < 1.29 is 13.2 Å². The number of piperidine rings is 1. The summed E-state index contributed by atoms with van der Waals surface area (Å²) in [6, 6.07) is 1.18. The van der Waals surface area contributed by atoms with E-state index in [1.54, 1.807) is 6.20 Å². The minimum Gasteiger partial charge on any atom is -0.367 e. The molecule has 0 unspecified atom stereocenters. The molecule has 5 nitrogen and oxygen atoms in total. The van der Waals surface area contributed by atoms with E-state index in [0.29, 0.717) is 11.4 Å². The van der Waals surface area contributed by atoms with Gasteiger partial charge in [0, 0.05) is 17.7 Å². The number of rotatable bonds is 3. The van der Waals surface area contributed by atoms with E-state index in [9.17, 15) is 13.2 Å². The van der Waals surface area contributed by atoms with E-state index in [4.69, 9.17) is 0 Å². The Labute approximate surface area is 132 Å². The molecule has 0 aliphatic carbocycles. The van der Waals surface area contributed by atoms with Gasteiger partial charge in [-0.3, -0.25) is 0 Å². The second-order valence-corrected chi connectivity index (χ2v) is 6.18. The average Bonchev–Trinajstić information content (AvgIpc) is 2.91. The summed E-state index contributed by atoms with van der Waals surface area (Å²) < 4.78 is 41.0. The molecule has 0 aromatic carbocycles. The molecular formula is C15H20F3N5. The van der Waals surface area contributed by atoms with Crippen molar-refractivity contribution in [1.82, 2.24) is 19.9 Å². The largest absolute Gasteiger partial charge is 0.433 e. The van der Waals surface area contributed by atoms with Crippen LogP contribution < -0.4 is 10.6 Å². The Morgan fingerprint density at radius 2 is 2.00 bits per heavy atom. The quantitative estimate of drug-likeness (QED) is 0.910. The number of nitrogens with one attached hydrogen (secondary N) is 2. The smallest absolute Gasteiger partial charge is 0.367 e. The highest BCUT2D eigenvalue weighted by molar-refractivity contribution is 5.56. The number of halogens is 3. The summed E-state index contributed by atoms with van der Waals surface area (Å²) in [5, 5.41) is 10.7. The first-order chi connectivity index (χ1) is 10.9. The molecule has 3 rings (SSSR count). The number of nitrogens with zero attached hydrogens (tertiary/aromatic N) is 3. The molecular weight excluding hydrogens is 307 g/mol. The van der Waals surface area contributed by atoms with Crippen LogP contribution in [0.2, 0.25) is 0 Å². The predicted molar refractivity (Wildman–Crippen MR) is 81.6 cm³/mol. The van der Waals surface area contributed by atoms with Gasteiger partial charge in [0.1, 0.15) is 5.82 Å². The number of hydrogen-bond donors (Lipinski definition) is 2. The Balaban J connectivity index is 2.07. The Bertz CT molecular complexity index is 686. The Morgan fingerprint density at radius 1 is 1.30 bits per heavy atom. The highest BCUT2D eigenvalue weighted by atomic mass is 19.4.